The monoisotopic (exact) mass is 670 g/mol. The summed E-state index contributed by atoms with van der Waals surface area (Å²) in [6.07, 6.45) is 36.9. The van der Waals surface area contributed by atoms with Crippen molar-refractivity contribution in [1.82, 2.24) is 5.32 Å². The van der Waals surface area contributed by atoms with Crippen molar-refractivity contribution in [3.05, 3.63) is 0 Å². The number of hydrogen-bond donors (Lipinski definition) is 5. The lowest BCUT2D eigenvalue weighted by Gasteiger charge is -2.27. The Balaban J connectivity index is 3.72. The maximum Gasteiger partial charge on any atom is 0.249 e. The van der Waals surface area contributed by atoms with Gasteiger partial charge in [0.15, 0.2) is 0 Å². The van der Waals surface area contributed by atoms with Gasteiger partial charge in [-0.05, 0) is 12.8 Å². The Labute approximate surface area is 292 Å². The number of aliphatic hydroxyl groups excluding tert-OH is 4. The maximum atomic E-state index is 12.5. The average Bonchev–Trinajstić information content (AvgIpc) is 3.07. The highest BCUT2D eigenvalue weighted by Gasteiger charge is 2.28. The smallest absolute Gasteiger partial charge is 0.249 e. The van der Waals surface area contributed by atoms with Crippen molar-refractivity contribution in [3.8, 4) is 0 Å². The molecule has 0 bridgehead atoms. The van der Waals surface area contributed by atoms with Crippen molar-refractivity contribution in [1.29, 1.82) is 0 Å². The second-order valence-corrected chi connectivity index (χ2v) is 14.7. The molecule has 6 heteroatoms. The van der Waals surface area contributed by atoms with Gasteiger partial charge in [-0.3, -0.25) is 4.79 Å². The fourth-order valence-electron chi connectivity index (χ4n) is 6.70. The lowest BCUT2D eigenvalue weighted by atomic mass is 9.99. The first-order chi connectivity index (χ1) is 23.0. The Morgan fingerprint density at radius 3 is 1.02 bits per heavy atom. The predicted molar refractivity (Wildman–Crippen MR) is 201 cm³/mol. The zero-order valence-electron chi connectivity index (χ0n) is 31.5. The van der Waals surface area contributed by atoms with Crippen LogP contribution in [0.2, 0.25) is 0 Å². The summed E-state index contributed by atoms with van der Waals surface area (Å²) in [7, 11) is 0. The summed E-state index contributed by atoms with van der Waals surface area (Å²) in [5, 5.41) is 43.6. The van der Waals surface area contributed by atoms with E-state index < -0.39 is 36.9 Å². The molecule has 6 nitrogen and oxygen atoms in total. The lowest BCUT2D eigenvalue weighted by Crippen LogP contribution is -2.53. The zero-order valence-corrected chi connectivity index (χ0v) is 31.5. The van der Waals surface area contributed by atoms with Gasteiger partial charge in [-0.15, -0.1) is 0 Å². The summed E-state index contributed by atoms with van der Waals surface area (Å²) >= 11 is 0. The van der Waals surface area contributed by atoms with Gasteiger partial charge in [-0.2, -0.15) is 0 Å². The molecule has 0 heterocycles. The fourth-order valence-corrected chi connectivity index (χ4v) is 6.70. The summed E-state index contributed by atoms with van der Waals surface area (Å²) in [6, 6.07) is -0.977. The number of carbonyl (C=O) groups excluding carboxylic acids is 1. The average molecular weight is 670 g/mol. The molecule has 0 radical (unpaired) electrons. The van der Waals surface area contributed by atoms with E-state index in [-0.39, 0.29) is 0 Å². The molecule has 0 aromatic rings. The number of rotatable bonds is 38. The van der Waals surface area contributed by atoms with E-state index in [0.29, 0.717) is 12.8 Å². The van der Waals surface area contributed by atoms with E-state index in [9.17, 15) is 25.2 Å². The molecule has 1 amide bonds. The zero-order chi connectivity index (χ0) is 34.6. The van der Waals surface area contributed by atoms with E-state index >= 15 is 0 Å². The van der Waals surface area contributed by atoms with E-state index in [4.69, 9.17) is 0 Å². The van der Waals surface area contributed by atoms with Gasteiger partial charge < -0.3 is 25.7 Å². The van der Waals surface area contributed by atoms with Crippen molar-refractivity contribution in [3.63, 3.8) is 0 Å². The molecule has 0 spiro atoms. The number of carbonyl (C=O) groups is 1. The summed E-state index contributed by atoms with van der Waals surface area (Å²) in [4.78, 5) is 12.5. The summed E-state index contributed by atoms with van der Waals surface area (Å²) in [5.41, 5.74) is 0. The molecule has 0 aromatic carbocycles. The Hall–Kier alpha value is -0.690. The molecule has 0 rings (SSSR count). The van der Waals surface area contributed by atoms with Gasteiger partial charge in [-0.25, -0.2) is 0 Å². The van der Waals surface area contributed by atoms with E-state index in [2.05, 4.69) is 19.2 Å². The molecule has 5 N–H and O–H groups in total. The first-order valence-electron chi connectivity index (χ1n) is 20.9. The molecule has 282 valence electrons. The number of nitrogens with one attached hydrogen (secondary N) is 1. The molecule has 4 unspecified atom stereocenters. The van der Waals surface area contributed by atoms with Crippen LogP contribution >= 0.6 is 0 Å². The molecule has 0 fully saturated rings. The van der Waals surface area contributed by atoms with Crippen LogP contribution in [0.3, 0.4) is 0 Å². The van der Waals surface area contributed by atoms with Gasteiger partial charge >= 0.3 is 0 Å². The van der Waals surface area contributed by atoms with Crippen LogP contribution in [-0.4, -0.2) is 57.3 Å². The molecule has 47 heavy (non-hydrogen) atoms. The van der Waals surface area contributed by atoms with Crippen LogP contribution in [-0.2, 0) is 4.79 Å². The third kappa shape index (κ3) is 31.1. The Morgan fingerprint density at radius 2 is 0.723 bits per heavy atom. The van der Waals surface area contributed by atoms with Gasteiger partial charge in [0.05, 0.1) is 18.8 Å². The Bertz CT molecular complexity index is 633. The number of amides is 1. The van der Waals surface area contributed by atoms with E-state index in [1.807, 2.05) is 0 Å². The van der Waals surface area contributed by atoms with Gasteiger partial charge in [-0.1, -0.05) is 213 Å². The van der Waals surface area contributed by atoms with Crippen LogP contribution in [0, 0.1) is 0 Å². The maximum absolute atomic E-state index is 12.5. The van der Waals surface area contributed by atoms with Crippen molar-refractivity contribution in [2.75, 3.05) is 6.61 Å². The van der Waals surface area contributed by atoms with Crippen LogP contribution < -0.4 is 5.32 Å². The van der Waals surface area contributed by atoms with Crippen LogP contribution in [0.1, 0.15) is 226 Å². The largest absolute Gasteiger partial charge is 0.394 e. The number of hydrogen-bond acceptors (Lipinski definition) is 5. The van der Waals surface area contributed by atoms with Crippen LogP contribution in [0.15, 0.2) is 0 Å². The van der Waals surface area contributed by atoms with Gasteiger partial charge in [0, 0.05) is 0 Å². The fraction of sp³-hybridized carbons (Fsp3) is 0.976. The predicted octanol–water partition coefficient (Wildman–Crippen LogP) is 10.5. The van der Waals surface area contributed by atoms with Crippen molar-refractivity contribution in [2.24, 2.45) is 0 Å². The highest BCUT2D eigenvalue weighted by molar-refractivity contribution is 5.80. The molecule has 0 saturated heterocycles. The second kappa shape index (κ2) is 36.6. The minimum atomic E-state index is -1.25. The summed E-state index contributed by atoms with van der Waals surface area (Å²) in [6.45, 7) is 4.05. The lowest BCUT2D eigenvalue weighted by molar-refractivity contribution is -0.132. The molecule has 0 saturated carbocycles. The number of unbranched alkanes of at least 4 members (excludes halogenated alkanes) is 29. The van der Waals surface area contributed by atoms with Gasteiger partial charge in [0.25, 0.3) is 0 Å². The highest BCUT2D eigenvalue weighted by atomic mass is 16.3. The molecule has 4 atom stereocenters. The highest BCUT2D eigenvalue weighted by Crippen LogP contribution is 2.17. The van der Waals surface area contributed by atoms with Crippen LogP contribution in [0.25, 0.3) is 0 Å². The standard InChI is InChI=1S/C41H83NO5/c1-3-5-7-9-11-13-15-17-19-20-21-23-25-27-29-31-33-35-39(45)41(47)42-37(36-43)40(46)38(44)34-32-30-28-26-24-22-18-16-14-12-10-8-6-4-2/h37-40,43-46H,3-36H2,1-2H3,(H,42,47). The molecular weight excluding hydrogens is 586 g/mol. The first kappa shape index (κ1) is 46.3. The van der Waals surface area contributed by atoms with Crippen LogP contribution in [0.5, 0.6) is 0 Å². The number of aliphatic hydroxyl groups is 4. The van der Waals surface area contributed by atoms with Crippen LogP contribution in [0.4, 0.5) is 0 Å². The normalized spacial score (nSPS) is 14.3. The quantitative estimate of drug-likeness (QED) is 0.0420. The minimum Gasteiger partial charge on any atom is -0.394 e. The van der Waals surface area contributed by atoms with E-state index in [0.717, 1.165) is 38.5 Å². The molecule has 0 aromatic heterocycles. The molecule has 0 aliphatic carbocycles. The van der Waals surface area contributed by atoms with E-state index in [1.54, 1.807) is 0 Å². The summed E-state index contributed by atoms with van der Waals surface area (Å²) < 4.78 is 0. The third-order valence-electron chi connectivity index (χ3n) is 10.1. The van der Waals surface area contributed by atoms with Crippen molar-refractivity contribution in [2.45, 2.75) is 250 Å². The molecule has 0 aliphatic heterocycles. The Kier molecular flexibility index (Phi) is 36.0. The summed E-state index contributed by atoms with van der Waals surface area (Å²) in [5.74, 6) is -0.580. The Morgan fingerprint density at radius 1 is 0.447 bits per heavy atom. The molecule has 0 aliphatic rings. The van der Waals surface area contributed by atoms with Crippen molar-refractivity contribution >= 4 is 5.91 Å². The minimum absolute atomic E-state index is 0.375. The molecular formula is C41H83NO5. The van der Waals surface area contributed by atoms with E-state index in [1.165, 1.54) is 161 Å². The van der Waals surface area contributed by atoms with Gasteiger partial charge in [0.1, 0.15) is 12.2 Å². The van der Waals surface area contributed by atoms with Gasteiger partial charge in [0.2, 0.25) is 5.91 Å². The topological polar surface area (TPSA) is 110 Å². The van der Waals surface area contributed by atoms with Crippen molar-refractivity contribution < 1.29 is 25.2 Å². The SMILES string of the molecule is CCCCCCCCCCCCCCCCCCCC(O)C(=O)NC(CO)C(O)C(O)CCCCCCCCCCCCCCCC. The third-order valence-corrected chi connectivity index (χ3v) is 10.1. The second-order valence-electron chi connectivity index (χ2n) is 14.7. The first-order valence-corrected chi connectivity index (χ1v) is 20.9.